The molecule has 6 nitrogen and oxygen atoms in total. The largest absolute Gasteiger partial charge is 0.459 e. The van der Waals surface area contributed by atoms with Crippen LogP contribution in [0.5, 0.6) is 0 Å². The Balaban J connectivity index is 1.47. The summed E-state index contributed by atoms with van der Waals surface area (Å²) in [6, 6.07) is 3.68. The van der Waals surface area contributed by atoms with E-state index in [1.54, 1.807) is 17.6 Å². The van der Waals surface area contributed by atoms with Crippen LogP contribution in [0.3, 0.4) is 0 Å². The van der Waals surface area contributed by atoms with Crippen molar-refractivity contribution in [3.8, 4) is 11.7 Å². The van der Waals surface area contributed by atoms with Crippen LogP contribution in [0.1, 0.15) is 22.6 Å². The number of morpholine rings is 1. The highest BCUT2D eigenvalue weighted by atomic mass is 32.1. The maximum atomic E-state index is 5.83. The zero-order chi connectivity index (χ0) is 15.6. The molecule has 0 bridgehead atoms. The van der Waals surface area contributed by atoms with Gasteiger partial charge < -0.3 is 13.6 Å². The van der Waals surface area contributed by atoms with Gasteiger partial charge in [0.05, 0.1) is 18.6 Å². The van der Waals surface area contributed by atoms with E-state index in [9.17, 15) is 0 Å². The van der Waals surface area contributed by atoms with Gasteiger partial charge in [0.2, 0.25) is 0 Å². The van der Waals surface area contributed by atoms with E-state index in [0.29, 0.717) is 18.3 Å². The lowest BCUT2D eigenvalue weighted by Crippen LogP contribution is -2.38. The molecule has 0 aromatic carbocycles. The van der Waals surface area contributed by atoms with Gasteiger partial charge >= 0.3 is 0 Å². The van der Waals surface area contributed by atoms with E-state index in [1.807, 2.05) is 30.6 Å². The Kier molecular flexibility index (Phi) is 3.99. The highest BCUT2D eigenvalue weighted by Crippen LogP contribution is 2.27. The molecule has 0 aliphatic carbocycles. The second-order valence-electron chi connectivity index (χ2n) is 5.46. The lowest BCUT2D eigenvalue weighted by Gasteiger charge is -2.31. The summed E-state index contributed by atoms with van der Waals surface area (Å²) in [5.74, 6) is 2.02. The number of aromatic nitrogens is 2. The Hall–Kier alpha value is -1.96. The molecule has 23 heavy (non-hydrogen) atoms. The molecule has 0 amide bonds. The number of nitrogens with zero attached hydrogens (tertiary/aromatic N) is 3. The molecule has 0 saturated carbocycles. The second-order valence-corrected chi connectivity index (χ2v) is 6.39. The molecule has 3 aromatic rings. The van der Waals surface area contributed by atoms with Crippen molar-refractivity contribution in [3.63, 3.8) is 0 Å². The molecule has 7 heteroatoms. The van der Waals surface area contributed by atoms with Crippen LogP contribution < -0.4 is 0 Å². The van der Waals surface area contributed by atoms with E-state index in [0.717, 1.165) is 36.1 Å². The predicted molar refractivity (Wildman–Crippen MR) is 85.0 cm³/mol. The van der Waals surface area contributed by atoms with Gasteiger partial charge in [-0.2, -0.15) is 0 Å². The van der Waals surface area contributed by atoms with Crippen LogP contribution in [0, 0.1) is 6.92 Å². The van der Waals surface area contributed by atoms with Gasteiger partial charge in [-0.05, 0) is 19.1 Å². The van der Waals surface area contributed by atoms with E-state index in [1.165, 1.54) is 0 Å². The molecule has 0 N–H and O–H groups in total. The smallest absolute Gasteiger partial charge is 0.263 e. The number of rotatable bonds is 4. The first-order valence-electron chi connectivity index (χ1n) is 7.53. The average molecular weight is 331 g/mol. The van der Waals surface area contributed by atoms with Crippen molar-refractivity contribution < 1.29 is 13.6 Å². The van der Waals surface area contributed by atoms with Crippen molar-refractivity contribution in [1.29, 1.82) is 0 Å². The van der Waals surface area contributed by atoms with Gasteiger partial charge in [-0.15, -0.1) is 11.3 Å². The molecule has 1 fully saturated rings. The Labute approximate surface area is 137 Å². The standard InChI is InChI=1S/C16H17N3O3S/c1-11-12(18-15(22-11)13-3-2-6-20-13)9-19-5-7-21-14(10-19)16-17-4-8-23-16/h2-4,6,8,14H,5,7,9-10H2,1H3. The Morgan fingerprint density at radius 2 is 2.39 bits per heavy atom. The molecular weight excluding hydrogens is 314 g/mol. The van der Waals surface area contributed by atoms with Gasteiger partial charge in [0.1, 0.15) is 16.9 Å². The van der Waals surface area contributed by atoms with Crippen LogP contribution in [-0.2, 0) is 11.3 Å². The molecule has 1 aliphatic heterocycles. The zero-order valence-corrected chi connectivity index (χ0v) is 13.6. The quantitative estimate of drug-likeness (QED) is 0.731. The minimum absolute atomic E-state index is 0.0421. The lowest BCUT2D eigenvalue weighted by molar-refractivity contribution is -0.0334. The second kappa shape index (κ2) is 6.27. The number of ether oxygens (including phenoxy) is 1. The minimum Gasteiger partial charge on any atom is -0.459 e. The van der Waals surface area contributed by atoms with Crippen LogP contribution in [0.15, 0.2) is 38.8 Å². The molecule has 1 atom stereocenters. The number of thiazole rings is 1. The molecular formula is C16H17N3O3S. The Morgan fingerprint density at radius 3 is 3.17 bits per heavy atom. The Bertz CT molecular complexity index is 752. The van der Waals surface area contributed by atoms with Crippen molar-refractivity contribution in [3.05, 3.63) is 46.4 Å². The van der Waals surface area contributed by atoms with Crippen LogP contribution in [-0.4, -0.2) is 34.6 Å². The molecule has 1 unspecified atom stereocenters. The average Bonchev–Trinajstić information content (AvgIpc) is 3.30. The van der Waals surface area contributed by atoms with Crippen molar-refractivity contribution in [1.82, 2.24) is 14.9 Å². The van der Waals surface area contributed by atoms with Crippen LogP contribution >= 0.6 is 11.3 Å². The number of aryl methyl sites for hydroxylation is 1. The third-order valence-electron chi connectivity index (χ3n) is 3.88. The van der Waals surface area contributed by atoms with Gasteiger partial charge in [-0.1, -0.05) is 0 Å². The van der Waals surface area contributed by atoms with Gasteiger partial charge in [-0.3, -0.25) is 4.90 Å². The van der Waals surface area contributed by atoms with E-state index in [-0.39, 0.29) is 6.10 Å². The van der Waals surface area contributed by atoms with Crippen LogP contribution in [0.25, 0.3) is 11.7 Å². The monoisotopic (exact) mass is 331 g/mol. The van der Waals surface area contributed by atoms with Gasteiger partial charge in [0.15, 0.2) is 5.76 Å². The molecule has 3 aromatic heterocycles. The lowest BCUT2D eigenvalue weighted by atomic mass is 10.2. The molecule has 0 radical (unpaired) electrons. The SMILES string of the molecule is Cc1oc(-c2ccco2)nc1CN1CCOC(c2nccs2)C1. The van der Waals surface area contributed by atoms with Crippen molar-refractivity contribution in [2.24, 2.45) is 0 Å². The molecule has 4 heterocycles. The van der Waals surface area contributed by atoms with Crippen molar-refractivity contribution in [2.45, 2.75) is 19.6 Å². The van der Waals surface area contributed by atoms with Crippen molar-refractivity contribution >= 4 is 11.3 Å². The maximum Gasteiger partial charge on any atom is 0.263 e. The van der Waals surface area contributed by atoms with E-state index < -0.39 is 0 Å². The summed E-state index contributed by atoms with van der Waals surface area (Å²) >= 11 is 1.63. The first-order chi connectivity index (χ1) is 11.3. The summed E-state index contributed by atoms with van der Waals surface area (Å²) in [7, 11) is 0. The number of oxazole rings is 1. The summed E-state index contributed by atoms with van der Waals surface area (Å²) in [6.07, 6.45) is 3.48. The Morgan fingerprint density at radius 1 is 1.43 bits per heavy atom. The topological polar surface area (TPSA) is 64.5 Å². The molecule has 0 spiro atoms. The summed E-state index contributed by atoms with van der Waals surface area (Å²) in [6.45, 7) is 5.07. The van der Waals surface area contributed by atoms with Crippen LogP contribution in [0.2, 0.25) is 0 Å². The maximum absolute atomic E-state index is 5.83. The number of hydrogen-bond acceptors (Lipinski definition) is 7. The molecule has 120 valence electrons. The van der Waals surface area contributed by atoms with Gasteiger partial charge in [-0.25, -0.2) is 9.97 Å². The summed E-state index contributed by atoms with van der Waals surface area (Å²) in [5.41, 5.74) is 0.941. The number of furan rings is 1. The first kappa shape index (κ1) is 14.6. The van der Waals surface area contributed by atoms with E-state index >= 15 is 0 Å². The zero-order valence-electron chi connectivity index (χ0n) is 12.8. The van der Waals surface area contributed by atoms with E-state index in [2.05, 4.69) is 14.9 Å². The molecule has 4 rings (SSSR count). The summed E-state index contributed by atoms with van der Waals surface area (Å²) in [4.78, 5) is 11.3. The summed E-state index contributed by atoms with van der Waals surface area (Å²) in [5, 5.41) is 3.01. The molecule has 1 aliphatic rings. The third-order valence-corrected chi connectivity index (χ3v) is 4.74. The fourth-order valence-corrected chi connectivity index (χ4v) is 3.36. The molecule has 1 saturated heterocycles. The summed E-state index contributed by atoms with van der Waals surface area (Å²) < 4.78 is 16.9. The fourth-order valence-electron chi connectivity index (χ4n) is 2.68. The fraction of sp³-hybridized carbons (Fsp3) is 0.375. The third kappa shape index (κ3) is 3.08. The normalized spacial score (nSPS) is 19.3. The number of hydrogen-bond donors (Lipinski definition) is 0. The van der Waals surface area contributed by atoms with Gasteiger partial charge in [0.25, 0.3) is 5.89 Å². The van der Waals surface area contributed by atoms with Gasteiger partial charge in [0, 0.05) is 31.2 Å². The van der Waals surface area contributed by atoms with E-state index in [4.69, 9.17) is 13.6 Å². The van der Waals surface area contributed by atoms with Crippen molar-refractivity contribution in [2.75, 3.05) is 19.7 Å². The van der Waals surface area contributed by atoms with Crippen LogP contribution in [0.4, 0.5) is 0 Å². The predicted octanol–water partition coefficient (Wildman–Crippen LogP) is 3.27. The minimum atomic E-state index is 0.0421. The highest BCUT2D eigenvalue weighted by Gasteiger charge is 2.25. The first-order valence-corrected chi connectivity index (χ1v) is 8.41. The highest BCUT2D eigenvalue weighted by molar-refractivity contribution is 7.09.